The lowest BCUT2D eigenvalue weighted by molar-refractivity contribution is -0.251. The smallest absolute Gasteiger partial charge is 0.302 e. The van der Waals surface area contributed by atoms with Crippen molar-refractivity contribution in [3.63, 3.8) is 0 Å². The van der Waals surface area contributed by atoms with Gasteiger partial charge in [0.2, 0.25) is 0 Å². The topological polar surface area (TPSA) is 46.5 Å². The Balaban J connectivity index is 1.51. The van der Waals surface area contributed by atoms with Gasteiger partial charge in [-0.1, -0.05) is 46.8 Å². The van der Waals surface area contributed by atoms with Crippen LogP contribution in [0.4, 0.5) is 0 Å². The number of hydrogen-bond acceptors (Lipinski definition) is 3. The first kappa shape index (κ1) is 25.8. The minimum Gasteiger partial charge on any atom is -0.462 e. The van der Waals surface area contributed by atoms with Crippen LogP contribution in [-0.2, 0) is 9.53 Å². The van der Waals surface area contributed by atoms with Gasteiger partial charge in [-0.2, -0.15) is 0 Å². The van der Waals surface area contributed by atoms with Gasteiger partial charge >= 0.3 is 5.97 Å². The number of carbonyl (C=O) groups excluding carboxylic acids is 1. The fraction of sp³-hybridized carbons (Fsp3) is 0.906. The number of esters is 1. The monoisotopic (exact) mass is 484 g/mol. The van der Waals surface area contributed by atoms with Crippen molar-refractivity contribution in [2.24, 2.45) is 56.7 Å². The van der Waals surface area contributed by atoms with Gasteiger partial charge in [0.1, 0.15) is 6.10 Å². The van der Waals surface area contributed by atoms with Crippen molar-refractivity contribution in [3.05, 3.63) is 12.2 Å². The van der Waals surface area contributed by atoms with Crippen molar-refractivity contribution in [3.8, 4) is 0 Å². The number of rotatable bonds is 3. The Morgan fingerprint density at radius 3 is 2.20 bits per heavy atom. The third-order valence-corrected chi connectivity index (χ3v) is 13.8. The van der Waals surface area contributed by atoms with E-state index in [2.05, 4.69) is 48.1 Å². The van der Waals surface area contributed by atoms with Crippen LogP contribution in [0.15, 0.2) is 12.2 Å². The fourth-order valence-corrected chi connectivity index (χ4v) is 11.9. The fourth-order valence-electron chi connectivity index (χ4n) is 11.9. The molecule has 1 N–H and O–H groups in total. The molecule has 5 aliphatic carbocycles. The highest BCUT2D eigenvalue weighted by Crippen LogP contribution is 2.77. The number of aliphatic hydroxyl groups is 1. The lowest BCUT2D eigenvalue weighted by atomic mass is 9.32. The Morgan fingerprint density at radius 2 is 1.57 bits per heavy atom. The highest BCUT2D eigenvalue weighted by Gasteiger charge is 2.71. The zero-order valence-electron chi connectivity index (χ0n) is 23.7. The number of hydrogen-bond donors (Lipinski definition) is 1. The summed E-state index contributed by atoms with van der Waals surface area (Å²) in [6, 6.07) is 0. The average Bonchev–Trinajstić information content (AvgIpc) is 3.16. The van der Waals surface area contributed by atoms with E-state index < -0.39 is 0 Å². The molecule has 0 aromatic heterocycles. The molecule has 198 valence electrons. The second-order valence-electron chi connectivity index (χ2n) is 15.2. The maximum Gasteiger partial charge on any atom is 0.302 e. The predicted molar refractivity (Wildman–Crippen MR) is 142 cm³/mol. The standard InChI is InChI=1S/C32H52O3/c1-20(2)22-11-16-32(19-33)18-17-30(7)23(27(22)32)9-10-25-29(6)14-13-26(35-21(3)34)28(4,5)24(29)12-15-31(25,30)8/h22-27,33H,1,9-19H2,2-8H3/t22-,23?,24?,25?,26-,27?,29-,30+,31+,32+/m0/s1. The largest absolute Gasteiger partial charge is 0.462 e. The van der Waals surface area contributed by atoms with Crippen LogP contribution < -0.4 is 0 Å². The Bertz CT molecular complexity index is 891. The average molecular weight is 485 g/mol. The molecule has 5 fully saturated rings. The second kappa shape index (κ2) is 8.08. The second-order valence-corrected chi connectivity index (χ2v) is 15.2. The van der Waals surface area contributed by atoms with Gasteiger partial charge in [0.25, 0.3) is 0 Å². The molecule has 0 bridgehead atoms. The zero-order valence-corrected chi connectivity index (χ0v) is 23.7. The first-order valence-electron chi connectivity index (χ1n) is 14.7. The van der Waals surface area contributed by atoms with Crippen molar-refractivity contribution in [2.75, 3.05) is 6.61 Å². The molecule has 0 aromatic carbocycles. The Hall–Kier alpha value is -0.830. The van der Waals surface area contributed by atoms with Crippen LogP contribution in [0.5, 0.6) is 0 Å². The molecule has 5 aliphatic rings. The number of allylic oxidation sites excluding steroid dienone is 1. The first-order chi connectivity index (χ1) is 16.3. The van der Waals surface area contributed by atoms with Crippen LogP contribution in [0, 0.1) is 56.7 Å². The third kappa shape index (κ3) is 3.28. The normalized spacial score (nSPS) is 52.5. The number of carbonyl (C=O) groups is 1. The molecule has 5 saturated carbocycles. The third-order valence-electron chi connectivity index (χ3n) is 13.8. The van der Waals surface area contributed by atoms with E-state index in [4.69, 9.17) is 4.74 Å². The van der Waals surface area contributed by atoms with E-state index in [9.17, 15) is 9.90 Å². The molecular weight excluding hydrogens is 432 g/mol. The van der Waals surface area contributed by atoms with Gasteiger partial charge in [0.05, 0.1) is 0 Å². The Morgan fingerprint density at radius 1 is 0.857 bits per heavy atom. The van der Waals surface area contributed by atoms with Gasteiger partial charge in [-0.05, 0) is 122 Å². The Labute approximate surface area is 214 Å². The summed E-state index contributed by atoms with van der Waals surface area (Å²) < 4.78 is 5.90. The summed E-state index contributed by atoms with van der Waals surface area (Å²) in [5.74, 6) is 3.07. The molecule has 3 nitrogen and oxygen atoms in total. The van der Waals surface area contributed by atoms with Crippen LogP contribution in [0.2, 0.25) is 0 Å². The summed E-state index contributed by atoms with van der Waals surface area (Å²) in [4.78, 5) is 11.9. The van der Waals surface area contributed by atoms with Crippen molar-refractivity contribution in [1.29, 1.82) is 0 Å². The quantitative estimate of drug-likeness (QED) is 0.332. The molecule has 5 rings (SSSR count). The molecule has 3 heteroatoms. The summed E-state index contributed by atoms with van der Waals surface area (Å²) in [6.45, 7) is 21.3. The minimum atomic E-state index is -0.126. The van der Waals surface area contributed by atoms with E-state index in [0.717, 1.165) is 12.3 Å². The van der Waals surface area contributed by atoms with Crippen molar-refractivity contribution in [1.82, 2.24) is 0 Å². The van der Waals surface area contributed by atoms with Crippen molar-refractivity contribution in [2.45, 2.75) is 119 Å². The van der Waals surface area contributed by atoms with E-state index in [0.29, 0.717) is 46.5 Å². The number of ether oxygens (including phenoxy) is 1. The van der Waals surface area contributed by atoms with Crippen LogP contribution >= 0.6 is 0 Å². The van der Waals surface area contributed by atoms with E-state index in [1.807, 2.05) is 0 Å². The zero-order chi connectivity index (χ0) is 25.6. The van der Waals surface area contributed by atoms with Crippen LogP contribution in [-0.4, -0.2) is 23.8 Å². The maximum atomic E-state index is 11.9. The Kier molecular flexibility index (Phi) is 5.96. The highest BCUT2D eigenvalue weighted by atomic mass is 16.5. The van der Waals surface area contributed by atoms with Crippen LogP contribution in [0.1, 0.15) is 113 Å². The molecule has 10 atom stereocenters. The molecule has 0 aliphatic heterocycles. The lowest BCUT2D eigenvalue weighted by Gasteiger charge is -2.73. The summed E-state index contributed by atoms with van der Waals surface area (Å²) in [5, 5.41) is 10.7. The molecule has 4 unspecified atom stereocenters. The summed E-state index contributed by atoms with van der Waals surface area (Å²) >= 11 is 0. The van der Waals surface area contributed by atoms with Gasteiger partial charge in [-0.25, -0.2) is 0 Å². The molecular formula is C32H52O3. The van der Waals surface area contributed by atoms with Crippen molar-refractivity contribution < 1.29 is 14.6 Å². The molecule has 0 spiro atoms. The summed E-state index contributed by atoms with van der Waals surface area (Å²) in [6.07, 6.45) is 12.2. The van der Waals surface area contributed by atoms with Gasteiger partial charge in [0, 0.05) is 18.9 Å². The summed E-state index contributed by atoms with van der Waals surface area (Å²) in [7, 11) is 0. The van der Waals surface area contributed by atoms with Crippen molar-refractivity contribution >= 4 is 5.97 Å². The SMILES string of the molecule is C=C(C)[C@@H]1CC[C@]2(CO)CC[C@]3(C)C(CCC4[C@@]5(C)CC[C@H](OC(C)=O)C(C)(C)C5CC[C@]43C)C12. The minimum absolute atomic E-state index is 0.0207. The van der Waals surface area contributed by atoms with E-state index in [-0.39, 0.29) is 22.9 Å². The maximum absolute atomic E-state index is 11.9. The van der Waals surface area contributed by atoms with Crippen LogP contribution in [0.25, 0.3) is 0 Å². The van der Waals surface area contributed by atoms with E-state index in [1.165, 1.54) is 63.4 Å². The molecule has 0 heterocycles. The van der Waals surface area contributed by atoms with Gasteiger partial charge < -0.3 is 9.84 Å². The van der Waals surface area contributed by atoms with E-state index in [1.54, 1.807) is 6.92 Å². The highest BCUT2D eigenvalue weighted by molar-refractivity contribution is 5.66. The van der Waals surface area contributed by atoms with Gasteiger partial charge in [-0.3, -0.25) is 4.79 Å². The molecule has 0 radical (unpaired) electrons. The number of aliphatic hydroxyl groups excluding tert-OH is 1. The number of fused-ring (bicyclic) bond motifs is 7. The van der Waals surface area contributed by atoms with E-state index >= 15 is 0 Å². The van der Waals surface area contributed by atoms with Gasteiger partial charge in [0.15, 0.2) is 0 Å². The summed E-state index contributed by atoms with van der Waals surface area (Å²) in [5.41, 5.74) is 2.45. The van der Waals surface area contributed by atoms with Crippen LogP contribution in [0.3, 0.4) is 0 Å². The molecule has 35 heavy (non-hydrogen) atoms. The molecule has 0 aromatic rings. The first-order valence-corrected chi connectivity index (χ1v) is 14.7. The molecule has 0 saturated heterocycles. The predicted octanol–water partition coefficient (Wildman–Crippen LogP) is 7.57. The van der Waals surface area contributed by atoms with Gasteiger partial charge in [-0.15, -0.1) is 0 Å². The molecule has 0 amide bonds. The lowest BCUT2D eigenvalue weighted by Crippen LogP contribution is -2.67.